The number of rotatable bonds is 5. The van der Waals surface area contributed by atoms with Crippen molar-refractivity contribution in [2.24, 2.45) is 16.7 Å². The van der Waals surface area contributed by atoms with Crippen LogP contribution >= 0.6 is 39.1 Å². The number of benzene rings is 2. The molecule has 5 rings (SSSR count). The minimum absolute atomic E-state index is 0.0591. The minimum atomic E-state index is -4.44. The van der Waals surface area contributed by atoms with Crippen LogP contribution in [-0.2, 0) is 19.7 Å². The molecular formula is C27H25BrCl2O4S2. The molecule has 0 aliphatic heterocycles. The molecule has 0 N–H and O–H groups in total. The van der Waals surface area contributed by atoms with Crippen molar-refractivity contribution in [3.8, 4) is 0 Å². The smallest absolute Gasteiger partial charge is 0.199 e. The highest BCUT2D eigenvalue weighted by atomic mass is 79.9. The van der Waals surface area contributed by atoms with Crippen LogP contribution in [0.3, 0.4) is 0 Å². The van der Waals surface area contributed by atoms with Gasteiger partial charge in [-0.2, -0.15) is 0 Å². The molecule has 1 fully saturated rings. The van der Waals surface area contributed by atoms with Gasteiger partial charge in [0.2, 0.25) is 0 Å². The molecule has 0 amide bonds. The maximum absolute atomic E-state index is 14.5. The molecule has 1 saturated carbocycles. The van der Waals surface area contributed by atoms with E-state index in [1.165, 1.54) is 24.3 Å². The Hall–Kier alpha value is -1.38. The predicted octanol–water partition coefficient (Wildman–Crippen LogP) is 7.02. The quantitative estimate of drug-likeness (QED) is 0.334. The topological polar surface area (TPSA) is 68.3 Å². The van der Waals surface area contributed by atoms with Crippen molar-refractivity contribution in [2.75, 3.05) is 5.33 Å². The van der Waals surface area contributed by atoms with E-state index in [0.29, 0.717) is 32.1 Å². The number of alkyl halides is 1. The average molecular weight is 628 g/mol. The molecule has 4 nitrogen and oxygen atoms in total. The Balaban J connectivity index is 1.89. The van der Waals surface area contributed by atoms with E-state index in [4.69, 9.17) is 23.2 Å². The molecule has 0 saturated heterocycles. The van der Waals surface area contributed by atoms with E-state index in [-0.39, 0.29) is 28.6 Å². The van der Waals surface area contributed by atoms with Crippen molar-refractivity contribution < 1.29 is 16.8 Å². The summed E-state index contributed by atoms with van der Waals surface area (Å²) in [7, 11) is -8.89. The van der Waals surface area contributed by atoms with Crippen LogP contribution in [0.2, 0.25) is 0 Å². The molecule has 3 aliphatic rings. The molecular weight excluding hydrogens is 603 g/mol. The Bertz CT molecular complexity index is 1490. The fourth-order valence-electron chi connectivity index (χ4n) is 6.49. The van der Waals surface area contributed by atoms with Gasteiger partial charge >= 0.3 is 0 Å². The summed E-state index contributed by atoms with van der Waals surface area (Å²) in [4.78, 5) is -0.118. The SMILES string of the molecule is C=C1C(Cl)=C2CC(S(=O)(=O)c3ccccc3)(S(=O)(=O)c3ccccc3)CC3=C(Cl)[C@@H](CBr)[C@@]1(C)[C@]23C. The summed E-state index contributed by atoms with van der Waals surface area (Å²) >= 11 is 17.5. The Morgan fingerprint density at radius 2 is 1.31 bits per heavy atom. The van der Waals surface area contributed by atoms with E-state index in [2.05, 4.69) is 22.5 Å². The van der Waals surface area contributed by atoms with Crippen LogP contribution in [0.25, 0.3) is 0 Å². The third-order valence-electron chi connectivity index (χ3n) is 8.83. The van der Waals surface area contributed by atoms with Gasteiger partial charge in [0, 0.05) is 45.0 Å². The first-order valence-electron chi connectivity index (χ1n) is 11.5. The van der Waals surface area contributed by atoms with Crippen LogP contribution in [0.4, 0.5) is 0 Å². The molecule has 0 aromatic heterocycles. The largest absolute Gasteiger partial charge is 0.222 e. The van der Waals surface area contributed by atoms with Gasteiger partial charge in [0.15, 0.2) is 23.8 Å². The van der Waals surface area contributed by atoms with Crippen molar-refractivity contribution >= 4 is 58.8 Å². The molecule has 0 heterocycles. The fourth-order valence-corrected chi connectivity index (χ4v) is 13.6. The Morgan fingerprint density at radius 1 is 0.861 bits per heavy atom. The van der Waals surface area contributed by atoms with Gasteiger partial charge in [-0.3, -0.25) is 0 Å². The molecule has 0 bridgehead atoms. The summed E-state index contributed by atoms with van der Waals surface area (Å²) in [5.74, 6) is -0.229. The summed E-state index contributed by atoms with van der Waals surface area (Å²) < 4.78 is 55.7. The summed E-state index contributed by atoms with van der Waals surface area (Å²) in [5.41, 5.74) is 0.489. The average Bonchev–Trinajstić information content (AvgIpc) is 3.14. The second-order valence-electron chi connectivity index (χ2n) is 10.0. The molecule has 3 atom stereocenters. The summed E-state index contributed by atoms with van der Waals surface area (Å²) in [6, 6.07) is 15.5. The lowest BCUT2D eigenvalue weighted by Gasteiger charge is -2.49. The molecule has 2 aromatic carbocycles. The maximum atomic E-state index is 14.5. The molecule has 0 radical (unpaired) electrons. The van der Waals surface area contributed by atoms with Gasteiger partial charge in [-0.1, -0.05) is 96.0 Å². The van der Waals surface area contributed by atoms with Crippen molar-refractivity contribution in [1.82, 2.24) is 0 Å². The van der Waals surface area contributed by atoms with Crippen LogP contribution in [0, 0.1) is 16.7 Å². The first-order valence-corrected chi connectivity index (χ1v) is 16.3. The van der Waals surface area contributed by atoms with Gasteiger partial charge in [0.05, 0.1) is 9.79 Å². The van der Waals surface area contributed by atoms with Crippen molar-refractivity contribution in [1.29, 1.82) is 0 Å². The second-order valence-corrected chi connectivity index (χ2v) is 16.2. The van der Waals surface area contributed by atoms with Gasteiger partial charge in [-0.25, -0.2) is 16.8 Å². The number of halogens is 3. The van der Waals surface area contributed by atoms with Gasteiger partial charge in [0.25, 0.3) is 0 Å². The van der Waals surface area contributed by atoms with Crippen LogP contribution in [-0.4, -0.2) is 26.2 Å². The molecule has 2 aromatic rings. The first-order chi connectivity index (χ1) is 16.8. The van der Waals surface area contributed by atoms with Crippen LogP contribution < -0.4 is 0 Å². The third-order valence-corrected chi connectivity index (χ3v) is 16.1. The molecule has 0 spiro atoms. The van der Waals surface area contributed by atoms with E-state index >= 15 is 0 Å². The number of hydrogen-bond acceptors (Lipinski definition) is 4. The monoisotopic (exact) mass is 626 g/mol. The second kappa shape index (κ2) is 8.31. The zero-order chi connectivity index (χ0) is 26.3. The highest BCUT2D eigenvalue weighted by Gasteiger charge is 2.72. The number of sulfone groups is 2. The van der Waals surface area contributed by atoms with Gasteiger partial charge in [0.1, 0.15) is 0 Å². The summed E-state index contributed by atoms with van der Waals surface area (Å²) in [5, 5.41) is 1.33. The molecule has 190 valence electrons. The van der Waals surface area contributed by atoms with E-state index in [9.17, 15) is 16.8 Å². The molecule has 3 aliphatic carbocycles. The first kappa shape index (κ1) is 26.2. The lowest BCUT2D eigenvalue weighted by atomic mass is 9.57. The number of hydrogen-bond donors (Lipinski definition) is 0. The minimum Gasteiger partial charge on any atom is -0.222 e. The maximum Gasteiger partial charge on any atom is 0.199 e. The van der Waals surface area contributed by atoms with E-state index < -0.39 is 34.6 Å². The van der Waals surface area contributed by atoms with Gasteiger partial charge < -0.3 is 0 Å². The van der Waals surface area contributed by atoms with Crippen LogP contribution in [0.5, 0.6) is 0 Å². The van der Waals surface area contributed by atoms with Gasteiger partial charge in [-0.05, 0) is 41.0 Å². The van der Waals surface area contributed by atoms with Crippen molar-refractivity contribution in [2.45, 2.75) is 40.6 Å². The normalized spacial score (nSPS) is 29.6. The van der Waals surface area contributed by atoms with Crippen LogP contribution in [0.15, 0.2) is 104 Å². The molecule has 9 heteroatoms. The Morgan fingerprint density at radius 3 is 1.75 bits per heavy atom. The van der Waals surface area contributed by atoms with E-state index in [1.54, 1.807) is 36.4 Å². The molecule has 0 unspecified atom stereocenters. The van der Waals surface area contributed by atoms with E-state index in [0.717, 1.165) is 0 Å². The standard InChI is InChI=1S/C27H25BrCl2O4S2/c1-17-23(29)20-14-27(35(31,32)18-10-6-4-7-11-18,36(33,34)19-12-8-5-9-13-19)15-21-24(30)22(16-28)25(17,2)26(20,21)3/h4-13,22H,1,14-16H2,2-3H3/t22-,25+,26-/m1/s1. The van der Waals surface area contributed by atoms with E-state index in [1.807, 2.05) is 13.8 Å². The van der Waals surface area contributed by atoms with Crippen molar-refractivity contribution in [3.05, 3.63) is 94.0 Å². The summed E-state index contributed by atoms with van der Waals surface area (Å²) in [6.07, 6.45) is -0.523. The van der Waals surface area contributed by atoms with Gasteiger partial charge in [-0.15, -0.1) is 0 Å². The Labute approximate surface area is 231 Å². The lowest BCUT2D eigenvalue weighted by molar-refractivity contribution is 0.177. The van der Waals surface area contributed by atoms with Crippen molar-refractivity contribution in [3.63, 3.8) is 0 Å². The van der Waals surface area contributed by atoms with Crippen LogP contribution in [0.1, 0.15) is 26.7 Å². The fraction of sp³-hybridized carbons (Fsp3) is 0.333. The lowest BCUT2D eigenvalue weighted by Crippen LogP contribution is -2.53. The third kappa shape index (κ3) is 2.92. The Kier molecular flexibility index (Phi) is 6.05. The number of allylic oxidation sites excluding steroid dienone is 5. The molecule has 36 heavy (non-hydrogen) atoms. The highest BCUT2D eigenvalue weighted by molar-refractivity contribution is 9.09. The zero-order valence-corrected chi connectivity index (χ0v) is 24.5. The highest BCUT2D eigenvalue weighted by Crippen LogP contribution is 2.76. The predicted molar refractivity (Wildman–Crippen MR) is 148 cm³/mol. The zero-order valence-electron chi connectivity index (χ0n) is 19.8. The summed E-state index contributed by atoms with van der Waals surface area (Å²) in [6.45, 7) is 8.32.